The highest BCUT2D eigenvalue weighted by atomic mass is 16.6. The zero-order valence-corrected chi connectivity index (χ0v) is 24.5. The second-order valence-corrected chi connectivity index (χ2v) is 11.6. The number of unbranched alkanes of at least 4 members (excludes halogenated alkanes) is 26. The average Bonchev–Trinajstić information content (AvgIpc) is 3.71. The van der Waals surface area contributed by atoms with Gasteiger partial charge in [-0.05, 0) is 6.42 Å². The molecule has 1 saturated heterocycles. The largest absolute Gasteiger partial charge is 0.463 e. The van der Waals surface area contributed by atoms with Gasteiger partial charge in [0.05, 0.1) is 6.61 Å². The summed E-state index contributed by atoms with van der Waals surface area (Å²) in [4.78, 5) is 11.5. The summed E-state index contributed by atoms with van der Waals surface area (Å²) in [6, 6.07) is 0. The normalized spacial score (nSPS) is 14.9. The lowest BCUT2D eigenvalue weighted by atomic mass is 10.0. The first kappa shape index (κ1) is 33.5. The van der Waals surface area contributed by atoms with Crippen molar-refractivity contribution in [2.75, 3.05) is 13.2 Å². The molecule has 1 atom stereocenters. The Morgan fingerprint density at radius 1 is 0.528 bits per heavy atom. The van der Waals surface area contributed by atoms with Gasteiger partial charge in [0.2, 0.25) is 0 Å². The number of ether oxygens (including phenoxy) is 2. The molecule has 0 spiro atoms. The quantitative estimate of drug-likeness (QED) is 0.0550. The number of epoxide rings is 1. The summed E-state index contributed by atoms with van der Waals surface area (Å²) in [5.74, 6) is -0.0508. The molecule has 1 rings (SSSR count). The number of hydrogen-bond donors (Lipinski definition) is 0. The first-order chi connectivity index (χ1) is 17.8. The van der Waals surface area contributed by atoms with Crippen molar-refractivity contribution in [3.63, 3.8) is 0 Å². The van der Waals surface area contributed by atoms with Gasteiger partial charge in [-0.25, -0.2) is 0 Å². The van der Waals surface area contributed by atoms with E-state index in [0.29, 0.717) is 13.0 Å². The Labute approximate surface area is 226 Å². The van der Waals surface area contributed by atoms with Gasteiger partial charge in [-0.2, -0.15) is 0 Å². The fourth-order valence-corrected chi connectivity index (χ4v) is 5.18. The summed E-state index contributed by atoms with van der Waals surface area (Å²) in [6.45, 7) is 3.51. The summed E-state index contributed by atoms with van der Waals surface area (Å²) in [5, 5.41) is 0. The minimum absolute atomic E-state index is 0.0508. The average molecular weight is 509 g/mol. The number of hydrogen-bond acceptors (Lipinski definition) is 3. The summed E-state index contributed by atoms with van der Waals surface area (Å²) >= 11 is 0. The second-order valence-electron chi connectivity index (χ2n) is 11.6. The van der Waals surface area contributed by atoms with E-state index in [1.54, 1.807) is 0 Å². The fraction of sp³-hybridized carbons (Fsp3) is 0.970. The number of carbonyl (C=O) groups excluding carboxylic acids is 1. The van der Waals surface area contributed by atoms with Crippen molar-refractivity contribution >= 4 is 5.97 Å². The lowest BCUT2D eigenvalue weighted by molar-refractivity contribution is -0.144. The molecule has 3 nitrogen and oxygen atoms in total. The van der Waals surface area contributed by atoms with Crippen molar-refractivity contribution in [3.05, 3.63) is 0 Å². The van der Waals surface area contributed by atoms with Crippen LogP contribution >= 0.6 is 0 Å². The molecule has 1 heterocycles. The van der Waals surface area contributed by atoms with E-state index in [2.05, 4.69) is 6.92 Å². The fourth-order valence-electron chi connectivity index (χ4n) is 5.18. The highest BCUT2D eigenvalue weighted by molar-refractivity contribution is 5.69. The summed E-state index contributed by atoms with van der Waals surface area (Å²) < 4.78 is 10.2. The number of carbonyl (C=O) groups is 1. The van der Waals surface area contributed by atoms with Crippen molar-refractivity contribution in [1.82, 2.24) is 0 Å². The molecular weight excluding hydrogens is 444 g/mol. The smallest absolute Gasteiger partial charge is 0.305 e. The maximum atomic E-state index is 11.5. The van der Waals surface area contributed by atoms with Crippen LogP contribution < -0.4 is 0 Å². The third kappa shape index (κ3) is 26.5. The van der Waals surface area contributed by atoms with Crippen LogP contribution in [0.15, 0.2) is 0 Å². The van der Waals surface area contributed by atoms with E-state index in [0.717, 1.165) is 19.4 Å². The van der Waals surface area contributed by atoms with Crippen LogP contribution in [0.2, 0.25) is 0 Å². The van der Waals surface area contributed by atoms with Crippen LogP contribution in [0.1, 0.15) is 187 Å². The first-order valence-electron chi connectivity index (χ1n) is 16.6. The van der Waals surface area contributed by atoms with Gasteiger partial charge in [-0.1, -0.05) is 174 Å². The van der Waals surface area contributed by atoms with Crippen LogP contribution in [0.5, 0.6) is 0 Å². The molecule has 0 aromatic carbocycles. The standard InChI is InChI=1S/C33H64O3/c1-2-3-4-5-6-7-8-9-10-11-12-13-14-15-16-17-18-19-20-21-22-23-24-25-26-27-28-29-33(34)36-31-32-30-35-32/h32H,2-31H2,1H3. The van der Waals surface area contributed by atoms with Crippen LogP contribution in [0.3, 0.4) is 0 Å². The molecule has 0 radical (unpaired) electrons. The number of rotatable bonds is 30. The van der Waals surface area contributed by atoms with Gasteiger partial charge in [0, 0.05) is 6.42 Å². The topological polar surface area (TPSA) is 38.8 Å². The molecule has 0 aromatic heterocycles. The molecule has 3 heteroatoms. The predicted molar refractivity (Wildman–Crippen MR) is 156 cm³/mol. The SMILES string of the molecule is CCCCCCCCCCCCCCCCCCCCCCCCCCCCCC(=O)OCC1CO1. The van der Waals surface area contributed by atoms with E-state index in [1.165, 1.54) is 161 Å². The minimum atomic E-state index is -0.0508. The van der Waals surface area contributed by atoms with Crippen LogP contribution in [0, 0.1) is 0 Å². The molecule has 1 fully saturated rings. The summed E-state index contributed by atoms with van der Waals surface area (Å²) in [7, 11) is 0. The van der Waals surface area contributed by atoms with Gasteiger partial charge in [-0.15, -0.1) is 0 Å². The number of esters is 1. The Bertz CT molecular complexity index is 446. The van der Waals surface area contributed by atoms with Crippen LogP contribution in [-0.4, -0.2) is 25.3 Å². The lowest BCUT2D eigenvalue weighted by Gasteiger charge is -2.05. The van der Waals surface area contributed by atoms with Gasteiger partial charge >= 0.3 is 5.97 Å². The summed E-state index contributed by atoms with van der Waals surface area (Å²) in [5.41, 5.74) is 0. The molecular formula is C33H64O3. The molecule has 0 aliphatic carbocycles. The van der Waals surface area contributed by atoms with Crippen molar-refractivity contribution in [3.8, 4) is 0 Å². The Morgan fingerprint density at radius 3 is 1.08 bits per heavy atom. The Hall–Kier alpha value is -0.570. The zero-order valence-electron chi connectivity index (χ0n) is 24.5. The van der Waals surface area contributed by atoms with Gasteiger partial charge in [0.1, 0.15) is 12.7 Å². The highest BCUT2D eigenvalue weighted by Crippen LogP contribution is 2.16. The lowest BCUT2D eigenvalue weighted by Crippen LogP contribution is -2.09. The van der Waals surface area contributed by atoms with E-state index in [4.69, 9.17) is 9.47 Å². The highest BCUT2D eigenvalue weighted by Gasteiger charge is 2.23. The van der Waals surface area contributed by atoms with Gasteiger partial charge in [-0.3, -0.25) is 4.79 Å². The van der Waals surface area contributed by atoms with Crippen molar-refractivity contribution in [1.29, 1.82) is 0 Å². The van der Waals surface area contributed by atoms with E-state index < -0.39 is 0 Å². The monoisotopic (exact) mass is 508 g/mol. The minimum Gasteiger partial charge on any atom is -0.463 e. The van der Waals surface area contributed by atoms with Gasteiger partial charge in [0.25, 0.3) is 0 Å². The molecule has 1 unspecified atom stereocenters. The predicted octanol–water partition coefficient (Wildman–Crippen LogP) is 10.9. The third-order valence-corrected chi connectivity index (χ3v) is 7.82. The van der Waals surface area contributed by atoms with Crippen LogP contribution in [0.4, 0.5) is 0 Å². The zero-order chi connectivity index (χ0) is 25.8. The van der Waals surface area contributed by atoms with E-state index in [-0.39, 0.29) is 12.1 Å². The van der Waals surface area contributed by atoms with E-state index in [1.807, 2.05) is 0 Å². The van der Waals surface area contributed by atoms with Gasteiger partial charge < -0.3 is 9.47 Å². The Kier molecular flexibility index (Phi) is 25.5. The molecule has 0 N–H and O–H groups in total. The molecule has 0 amide bonds. The molecule has 1 aliphatic heterocycles. The van der Waals surface area contributed by atoms with Crippen molar-refractivity contribution in [2.24, 2.45) is 0 Å². The van der Waals surface area contributed by atoms with Crippen LogP contribution in [-0.2, 0) is 14.3 Å². The van der Waals surface area contributed by atoms with Gasteiger partial charge in [0.15, 0.2) is 0 Å². The maximum absolute atomic E-state index is 11.5. The third-order valence-electron chi connectivity index (χ3n) is 7.82. The Morgan fingerprint density at radius 2 is 0.806 bits per heavy atom. The van der Waals surface area contributed by atoms with E-state index >= 15 is 0 Å². The van der Waals surface area contributed by atoms with Crippen molar-refractivity contribution in [2.45, 2.75) is 193 Å². The maximum Gasteiger partial charge on any atom is 0.305 e. The van der Waals surface area contributed by atoms with E-state index in [9.17, 15) is 4.79 Å². The molecule has 36 heavy (non-hydrogen) atoms. The molecule has 0 aromatic rings. The summed E-state index contributed by atoms with van der Waals surface area (Å²) in [6.07, 6.45) is 38.8. The molecule has 214 valence electrons. The first-order valence-corrected chi connectivity index (χ1v) is 16.6. The Balaban J connectivity index is 1.61. The molecule has 1 aliphatic rings. The van der Waals surface area contributed by atoms with Crippen molar-refractivity contribution < 1.29 is 14.3 Å². The second kappa shape index (κ2) is 27.5. The molecule has 0 bridgehead atoms. The van der Waals surface area contributed by atoms with Crippen LogP contribution in [0.25, 0.3) is 0 Å². The molecule has 0 saturated carbocycles.